The second-order valence-electron chi connectivity index (χ2n) is 14.6. The molecule has 0 atom stereocenters. The van der Waals surface area contributed by atoms with Gasteiger partial charge in [-0.15, -0.1) is 0 Å². The summed E-state index contributed by atoms with van der Waals surface area (Å²) < 4.78 is 6.41. The Labute approximate surface area is 310 Å². The molecule has 0 spiro atoms. The van der Waals surface area contributed by atoms with E-state index in [1.54, 1.807) is 0 Å². The average Bonchev–Trinajstić information content (AvgIpc) is 3.71. The SMILES string of the molecule is CC1(C)c2ccccc2-c2cc(-c3cccc(N(c4ccc(-c5cccc6c5oc5ccccc56)cc4)c4cccc(-c5ccccc5)c4)c3)ccc21. The summed E-state index contributed by atoms with van der Waals surface area (Å²) >= 11 is 0. The lowest BCUT2D eigenvalue weighted by Gasteiger charge is -2.27. The topological polar surface area (TPSA) is 16.4 Å². The molecule has 1 aliphatic rings. The lowest BCUT2D eigenvalue weighted by atomic mass is 9.82. The fourth-order valence-electron chi connectivity index (χ4n) is 8.39. The lowest BCUT2D eigenvalue weighted by molar-refractivity contribution is 0.660. The van der Waals surface area contributed by atoms with Crippen LogP contribution in [0.1, 0.15) is 25.0 Å². The molecule has 53 heavy (non-hydrogen) atoms. The van der Waals surface area contributed by atoms with Crippen molar-refractivity contribution in [1.82, 2.24) is 0 Å². The van der Waals surface area contributed by atoms with Gasteiger partial charge in [0.05, 0.1) is 0 Å². The number of fused-ring (bicyclic) bond motifs is 6. The molecule has 0 aliphatic heterocycles. The molecule has 0 radical (unpaired) electrons. The minimum atomic E-state index is -0.0189. The Hall–Kier alpha value is -6.64. The van der Waals surface area contributed by atoms with Crippen molar-refractivity contribution >= 4 is 39.0 Å². The highest BCUT2D eigenvalue weighted by molar-refractivity contribution is 6.09. The van der Waals surface area contributed by atoms with Gasteiger partial charge in [0.1, 0.15) is 11.2 Å². The van der Waals surface area contributed by atoms with Gasteiger partial charge in [0.15, 0.2) is 0 Å². The van der Waals surface area contributed by atoms with Gasteiger partial charge in [0.25, 0.3) is 0 Å². The standard InChI is InChI=1S/C51H37NO/c1-51(2)47-23-8-6-19-43(47)46-33-38(27-30-48(46)51)37-16-11-18-41(32-37)52(40-17-10-15-36(31-40)34-13-4-3-5-14-34)39-28-25-35(26-29-39)42-21-12-22-45-44-20-7-9-24-49(44)53-50(42)45/h3-33H,1-2H3. The lowest BCUT2D eigenvalue weighted by Crippen LogP contribution is -2.14. The number of hydrogen-bond donors (Lipinski definition) is 0. The van der Waals surface area contributed by atoms with Crippen LogP contribution in [-0.2, 0) is 5.41 Å². The van der Waals surface area contributed by atoms with Crippen LogP contribution < -0.4 is 4.90 Å². The molecule has 9 aromatic rings. The second-order valence-corrected chi connectivity index (χ2v) is 14.6. The number of para-hydroxylation sites is 2. The van der Waals surface area contributed by atoms with Crippen molar-refractivity contribution in [3.63, 3.8) is 0 Å². The van der Waals surface area contributed by atoms with Gasteiger partial charge in [-0.3, -0.25) is 0 Å². The summed E-state index contributed by atoms with van der Waals surface area (Å²) in [5.41, 5.74) is 17.5. The predicted molar refractivity (Wildman–Crippen MR) is 222 cm³/mol. The number of rotatable bonds is 6. The Kier molecular flexibility index (Phi) is 7.19. The monoisotopic (exact) mass is 679 g/mol. The van der Waals surface area contributed by atoms with Crippen LogP contribution in [0, 0.1) is 0 Å². The number of benzene rings is 8. The van der Waals surface area contributed by atoms with Gasteiger partial charge in [0.2, 0.25) is 0 Å². The van der Waals surface area contributed by atoms with Crippen LogP contribution in [0.5, 0.6) is 0 Å². The van der Waals surface area contributed by atoms with E-state index in [1.807, 2.05) is 12.1 Å². The van der Waals surface area contributed by atoms with Gasteiger partial charge in [0, 0.05) is 38.8 Å². The summed E-state index contributed by atoms with van der Waals surface area (Å²) in [7, 11) is 0. The molecule has 0 fully saturated rings. The fraction of sp³-hybridized carbons (Fsp3) is 0.0588. The Bertz CT molecular complexity index is 2810. The van der Waals surface area contributed by atoms with Gasteiger partial charge in [-0.2, -0.15) is 0 Å². The molecule has 1 heterocycles. The average molecular weight is 680 g/mol. The van der Waals surface area contributed by atoms with Crippen LogP contribution in [0.3, 0.4) is 0 Å². The summed E-state index contributed by atoms with van der Waals surface area (Å²) in [6, 6.07) is 67.8. The predicted octanol–water partition coefficient (Wildman–Crippen LogP) is 14.4. The quantitative estimate of drug-likeness (QED) is 0.174. The van der Waals surface area contributed by atoms with E-state index in [9.17, 15) is 0 Å². The molecule has 2 heteroatoms. The van der Waals surface area contributed by atoms with Crippen molar-refractivity contribution in [1.29, 1.82) is 0 Å². The van der Waals surface area contributed by atoms with E-state index in [2.05, 4.69) is 195 Å². The Morgan fingerprint density at radius 3 is 1.74 bits per heavy atom. The highest BCUT2D eigenvalue weighted by Crippen LogP contribution is 2.50. The zero-order chi connectivity index (χ0) is 35.5. The third-order valence-corrected chi connectivity index (χ3v) is 11.1. The fourth-order valence-corrected chi connectivity index (χ4v) is 8.39. The summed E-state index contributed by atoms with van der Waals surface area (Å²) in [6.07, 6.45) is 0. The Morgan fingerprint density at radius 1 is 0.377 bits per heavy atom. The molecule has 10 rings (SSSR count). The van der Waals surface area contributed by atoms with Gasteiger partial charge >= 0.3 is 0 Å². The van der Waals surface area contributed by atoms with Crippen LogP contribution >= 0.6 is 0 Å². The molecule has 1 aromatic heterocycles. The normalized spacial score (nSPS) is 12.9. The maximum atomic E-state index is 6.41. The molecule has 0 N–H and O–H groups in total. The van der Waals surface area contributed by atoms with Crippen LogP contribution in [0.2, 0.25) is 0 Å². The first-order valence-corrected chi connectivity index (χ1v) is 18.3. The molecule has 1 aliphatic carbocycles. The van der Waals surface area contributed by atoms with Crippen molar-refractivity contribution in [3.8, 4) is 44.5 Å². The van der Waals surface area contributed by atoms with Crippen molar-refractivity contribution in [2.24, 2.45) is 0 Å². The molecule has 0 bridgehead atoms. The van der Waals surface area contributed by atoms with Gasteiger partial charge in [-0.05, 0) is 98.6 Å². The summed E-state index contributed by atoms with van der Waals surface area (Å²) in [5.74, 6) is 0. The molecular formula is C51H37NO. The highest BCUT2D eigenvalue weighted by atomic mass is 16.3. The highest BCUT2D eigenvalue weighted by Gasteiger charge is 2.35. The van der Waals surface area contributed by atoms with E-state index in [-0.39, 0.29) is 5.41 Å². The van der Waals surface area contributed by atoms with E-state index < -0.39 is 0 Å². The smallest absolute Gasteiger partial charge is 0.143 e. The first-order chi connectivity index (χ1) is 26.0. The number of nitrogens with zero attached hydrogens (tertiary/aromatic N) is 1. The van der Waals surface area contributed by atoms with E-state index in [1.165, 1.54) is 44.5 Å². The largest absolute Gasteiger partial charge is 0.455 e. The molecule has 252 valence electrons. The first kappa shape index (κ1) is 31.1. The summed E-state index contributed by atoms with van der Waals surface area (Å²) in [6.45, 7) is 4.67. The van der Waals surface area contributed by atoms with Gasteiger partial charge in [-0.1, -0.05) is 153 Å². The molecule has 2 nitrogen and oxygen atoms in total. The number of anilines is 3. The summed E-state index contributed by atoms with van der Waals surface area (Å²) in [4.78, 5) is 2.37. The zero-order valence-electron chi connectivity index (χ0n) is 29.8. The number of hydrogen-bond acceptors (Lipinski definition) is 2. The third kappa shape index (κ3) is 5.18. The van der Waals surface area contributed by atoms with Gasteiger partial charge in [-0.25, -0.2) is 0 Å². The molecule has 0 amide bonds. The van der Waals surface area contributed by atoms with E-state index in [4.69, 9.17) is 4.42 Å². The maximum Gasteiger partial charge on any atom is 0.143 e. The zero-order valence-corrected chi connectivity index (χ0v) is 29.8. The van der Waals surface area contributed by atoms with Crippen LogP contribution in [0.15, 0.2) is 192 Å². The second kappa shape index (κ2) is 12.3. The summed E-state index contributed by atoms with van der Waals surface area (Å²) in [5, 5.41) is 2.28. The minimum Gasteiger partial charge on any atom is -0.455 e. The van der Waals surface area contributed by atoms with Gasteiger partial charge < -0.3 is 9.32 Å². The van der Waals surface area contributed by atoms with Crippen molar-refractivity contribution < 1.29 is 4.42 Å². The van der Waals surface area contributed by atoms with Crippen molar-refractivity contribution in [2.45, 2.75) is 19.3 Å². The Balaban J connectivity index is 1.09. The molecule has 8 aromatic carbocycles. The third-order valence-electron chi connectivity index (χ3n) is 11.1. The van der Waals surface area contributed by atoms with E-state index in [0.29, 0.717) is 0 Å². The van der Waals surface area contributed by atoms with Crippen molar-refractivity contribution in [3.05, 3.63) is 199 Å². The maximum absolute atomic E-state index is 6.41. The number of furan rings is 1. The minimum absolute atomic E-state index is 0.0189. The van der Waals surface area contributed by atoms with Crippen LogP contribution in [0.4, 0.5) is 17.1 Å². The van der Waals surface area contributed by atoms with Crippen molar-refractivity contribution in [2.75, 3.05) is 4.90 Å². The first-order valence-electron chi connectivity index (χ1n) is 18.3. The van der Waals surface area contributed by atoms with E-state index in [0.717, 1.165) is 50.1 Å². The molecular weight excluding hydrogens is 643 g/mol. The Morgan fingerprint density at radius 2 is 0.943 bits per heavy atom. The van der Waals surface area contributed by atoms with Crippen LogP contribution in [0.25, 0.3) is 66.4 Å². The molecule has 0 saturated heterocycles. The molecule has 0 unspecified atom stereocenters. The molecule has 0 saturated carbocycles. The van der Waals surface area contributed by atoms with Crippen LogP contribution in [-0.4, -0.2) is 0 Å². The van der Waals surface area contributed by atoms with E-state index >= 15 is 0 Å².